The number of carbonyl (C=O) groups is 1. The smallest absolute Gasteiger partial charge is 0.263 e. The summed E-state index contributed by atoms with van der Waals surface area (Å²) in [6.45, 7) is 3.98. The summed E-state index contributed by atoms with van der Waals surface area (Å²) in [5, 5.41) is 10.4. The van der Waals surface area contributed by atoms with Gasteiger partial charge in [0.15, 0.2) is 18.1 Å². The van der Waals surface area contributed by atoms with Crippen LogP contribution in [0.2, 0.25) is 0 Å². The summed E-state index contributed by atoms with van der Waals surface area (Å²) in [6.07, 6.45) is 2.15. The normalized spacial score (nSPS) is 10.8. The number of rotatable bonds is 6. The molecule has 0 saturated heterocycles. The molecule has 0 saturated carbocycles. The number of hydrogen-bond acceptors (Lipinski definition) is 4. The maximum absolute atomic E-state index is 12.1. The Hall–Kier alpha value is -2.89. The minimum absolute atomic E-state index is 0.0687. The number of carbonyl (C=O) groups excluding carboxylic acids is 1. The largest absolute Gasteiger partial charge is 0.484 e. The molecule has 2 heterocycles. The quantitative estimate of drug-likeness (QED) is 0.729. The lowest BCUT2D eigenvalue weighted by atomic mass is 10.1. The van der Waals surface area contributed by atoms with E-state index in [0.29, 0.717) is 17.2 Å². The van der Waals surface area contributed by atoms with Crippen molar-refractivity contribution in [3.8, 4) is 5.75 Å². The first-order valence-corrected chi connectivity index (χ1v) is 7.99. The van der Waals surface area contributed by atoms with Crippen LogP contribution in [0.4, 0.5) is 5.82 Å². The standard InChI is InChI=1S/C18H20N4O2/c1-3-4-13-6-8-14(9-7-13)24-11-16(23)20-18-15-10-5-12(2)19-17(15)21-22-18/h5-10H,3-4,11H2,1-2H3,(H2,19,20,21,22,23). The Kier molecular flexibility index (Phi) is 4.74. The van der Waals surface area contributed by atoms with E-state index in [1.807, 2.05) is 43.3 Å². The molecule has 24 heavy (non-hydrogen) atoms. The van der Waals surface area contributed by atoms with Crippen molar-refractivity contribution in [1.82, 2.24) is 15.2 Å². The van der Waals surface area contributed by atoms with Gasteiger partial charge >= 0.3 is 0 Å². The number of ether oxygens (including phenoxy) is 1. The molecule has 3 rings (SSSR count). The van der Waals surface area contributed by atoms with Gasteiger partial charge in [-0.1, -0.05) is 25.5 Å². The van der Waals surface area contributed by atoms with Crippen molar-refractivity contribution >= 4 is 22.8 Å². The van der Waals surface area contributed by atoms with Crippen molar-refractivity contribution < 1.29 is 9.53 Å². The van der Waals surface area contributed by atoms with Gasteiger partial charge in [-0.3, -0.25) is 9.89 Å². The fraction of sp³-hybridized carbons (Fsp3) is 0.278. The maximum atomic E-state index is 12.1. The van der Waals surface area contributed by atoms with Crippen LogP contribution in [0.15, 0.2) is 36.4 Å². The molecule has 124 valence electrons. The molecular formula is C18H20N4O2. The van der Waals surface area contributed by atoms with Crippen LogP contribution in [0.5, 0.6) is 5.75 Å². The van der Waals surface area contributed by atoms with Crippen molar-refractivity contribution in [2.24, 2.45) is 0 Å². The number of aromatic nitrogens is 3. The van der Waals surface area contributed by atoms with Crippen molar-refractivity contribution in [3.63, 3.8) is 0 Å². The maximum Gasteiger partial charge on any atom is 0.263 e. The zero-order chi connectivity index (χ0) is 16.9. The lowest BCUT2D eigenvalue weighted by Crippen LogP contribution is -2.20. The number of anilines is 1. The van der Waals surface area contributed by atoms with Crippen LogP contribution < -0.4 is 10.1 Å². The van der Waals surface area contributed by atoms with Crippen molar-refractivity contribution in [1.29, 1.82) is 0 Å². The number of nitrogens with zero attached hydrogens (tertiary/aromatic N) is 2. The number of aryl methyl sites for hydroxylation is 2. The zero-order valence-electron chi connectivity index (χ0n) is 13.8. The molecule has 0 spiro atoms. The fourth-order valence-electron chi connectivity index (χ4n) is 2.46. The van der Waals surface area contributed by atoms with Crippen molar-refractivity contribution in [3.05, 3.63) is 47.7 Å². The van der Waals surface area contributed by atoms with Crippen LogP contribution in [0, 0.1) is 6.92 Å². The first-order valence-electron chi connectivity index (χ1n) is 7.99. The SMILES string of the molecule is CCCc1ccc(OCC(=O)Nc2n[nH]c3nc(C)ccc23)cc1. The van der Waals surface area contributed by atoms with E-state index in [1.54, 1.807) is 0 Å². The van der Waals surface area contributed by atoms with Crippen LogP contribution >= 0.6 is 0 Å². The summed E-state index contributed by atoms with van der Waals surface area (Å²) in [7, 11) is 0. The monoisotopic (exact) mass is 324 g/mol. The predicted octanol–water partition coefficient (Wildman–Crippen LogP) is 3.24. The molecule has 6 heteroatoms. The van der Waals surface area contributed by atoms with Gasteiger partial charge in [-0.05, 0) is 43.2 Å². The van der Waals surface area contributed by atoms with Crippen LogP contribution in [0.1, 0.15) is 24.6 Å². The second-order valence-electron chi connectivity index (χ2n) is 5.65. The van der Waals surface area contributed by atoms with Crippen molar-refractivity contribution in [2.75, 3.05) is 11.9 Å². The first kappa shape index (κ1) is 16.0. The highest BCUT2D eigenvalue weighted by molar-refractivity contribution is 5.99. The second-order valence-corrected chi connectivity index (χ2v) is 5.65. The van der Waals surface area contributed by atoms with E-state index in [-0.39, 0.29) is 12.5 Å². The molecule has 0 aliphatic rings. The number of amides is 1. The number of H-pyrrole nitrogens is 1. The Morgan fingerprint density at radius 2 is 2.00 bits per heavy atom. The molecule has 0 fully saturated rings. The van der Waals surface area contributed by atoms with E-state index in [1.165, 1.54) is 5.56 Å². The van der Waals surface area contributed by atoms with Gasteiger partial charge in [-0.2, -0.15) is 5.10 Å². The third-order valence-corrected chi connectivity index (χ3v) is 3.65. The van der Waals surface area contributed by atoms with Gasteiger partial charge in [0.1, 0.15) is 5.75 Å². The third kappa shape index (κ3) is 3.71. The van der Waals surface area contributed by atoms with Crippen LogP contribution in [0.25, 0.3) is 11.0 Å². The molecule has 0 aliphatic carbocycles. The van der Waals surface area contributed by atoms with E-state index in [4.69, 9.17) is 4.74 Å². The van der Waals surface area contributed by atoms with E-state index in [2.05, 4.69) is 27.4 Å². The Labute approximate surface area is 140 Å². The molecule has 6 nitrogen and oxygen atoms in total. The molecule has 0 aliphatic heterocycles. The first-order chi connectivity index (χ1) is 11.7. The summed E-state index contributed by atoms with van der Waals surface area (Å²) in [6, 6.07) is 11.6. The molecule has 1 aromatic carbocycles. The summed E-state index contributed by atoms with van der Waals surface area (Å²) >= 11 is 0. The Balaban J connectivity index is 1.58. The van der Waals surface area contributed by atoms with Gasteiger partial charge in [0.05, 0.1) is 5.39 Å². The topological polar surface area (TPSA) is 79.9 Å². The van der Waals surface area contributed by atoms with E-state index in [0.717, 1.165) is 23.9 Å². The number of hydrogen-bond donors (Lipinski definition) is 2. The third-order valence-electron chi connectivity index (χ3n) is 3.65. The molecule has 2 N–H and O–H groups in total. The van der Waals surface area contributed by atoms with Gasteiger partial charge in [-0.25, -0.2) is 4.98 Å². The molecule has 0 radical (unpaired) electrons. The highest BCUT2D eigenvalue weighted by atomic mass is 16.5. The van der Waals surface area contributed by atoms with Gasteiger partial charge in [0.25, 0.3) is 5.91 Å². The zero-order valence-corrected chi connectivity index (χ0v) is 13.8. The number of fused-ring (bicyclic) bond motifs is 1. The van der Waals surface area contributed by atoms with E-state index in [9.17, 15) is 4.79 Å². The highest BCUT2D eigenvalue weighted by Crippen LogP contribution is 2.19. The minimum Gasteiger partial charge on any atom is -0.484 e. The fourth-order valence-corrected chi connectivity index (χ4v) is 2.46. The average Bonchev–Trinajstić information content (AvgIpc) is 2.96. The molecular weight excluding hydrogens is 304 g/mol. The number of aromatic amines is 1. The highest BCUT2D eigenvalue weighted by Gasteiger charge is 2.10. The summed E-state index contributed by atoms with van der Waals surface area (Å²) in [5.41, 5.74) is 2.80. The Morgan fingerprint density at radius 1 is 1.21 bits per heavy atom. The Morgan fingerprint density at radius 3 is 2.75 bits per heavy atom. The molecule has 2 aromatic heterocycles. The predicted molar refractivity (Wildman–Crippen MR) is 93.2 cm³/mol. The van der Waals surface area contributed by atoms with Crippen LogP contribution in [0.3, 0.4) is 0 Å². The van der Waals surface area contributed by atoms with Gasteiger partial charge < -0.3 is 10.1 Å². The molecule has 3 aromatic rings. The summed E-state index contributed by atoms with van der Waals surface area (Å²) in [5.74, 6) is 0.875. The number of nitrogens with one attached hydrogen (secondary N) is 2. The Bertz CT molecular complexity index is 840. The molecule has 0 bridgehead atoms. The van der Waals surface area contributed by atoms with E-state index >= 15 is 0 Å². The van der Waals surface area contributed by atoms with Gasteiger partial charge in [0.2, 0.25) is 0 Å². The molecule has 0 atom stereocenters. The molecule has 0 unspecified atom stereocenters. The molecule has 1 amide bonds. The average molecular weight is 324 g/mol. The summed E-state index contributed by atoms with van der Waals surface area (Å²) < 4.78 is 5.52. The van der Waals surface area contributed by atoms with E-state index < -0.39 is 0 Å². The lowest BCUT2D eigenvalue weighted by molar-refractivity contribution is -0.118. The number of pyridine rings is 1. The van der Waals surface area contributed by atoms with Gasteiger partial charge in [-0.15, -0.1) is 0 Å². The lowest BCUT2D eigenvalue weighted by Gasteiger charge is -2.07. The second kappa shape index (κ2) is 7.12. The minimum atomic E-state index is -0.262. The van der Waals surface area contributed by atoms with Crippen LogP contribution in [-0.4, -0.2) is 27.7 Å². The van der Waals surface area contributed by atoms with Gasteiger partial charge in [0, 0.05) is 5.69 Å². The van der Waals surface area contributed by atoms with Crippen LogP contribution in [-0.2, 0) is 11.2 Å². The summed E-state index contributed by atoms with van der Waals surface area (Å²) in [4.78, 5) is 16.4. The number of benzene rings is 1. The van der Waals surface area contributed by atoms with Crippen molar-refractivity contribution in [2.45, 2.75) is 26.7 Å².